The number of ether oxygens (including phenoxy) is 2. The number of benzene rings is 4. The molecule has 0 aliphatic heterocycles. The maximum absolute atomic E-state index is 15.2. The van der Waals surface area contributed by atoms with E-state index >= 15 is 4.39 Å². The van der Waals surface area contributed by atoms with E-state index in [4.69, 9.17) is 9.47 Å². The average molecular weight is 525 g/mol. The highest BCUT2D eigenvalue weighted by molar-refractivity contribution is 5.84. The van der Waals surface area contributed by atoms with Crippen molar-refractivity contribution in [3.63, 3.8) is 0 Å². The number of rotatable bonds is 12. The quantitative estimate of drug-likeness (QED) is 0.138. The maximum atomic E-state index is 15.2. The summed E-state index contributed by atoms with van der Waals surface area (Å²) in [5.41, 5.74) is 5.29. The van der Waals surface area contributed by atoms with Gasteiger partial charge in [-0.1, -0.05) is 66.7 Å². The van der Waals surface area contributed by atoms with E-state index in [2.05, 4.69) is 30.3 Å². The Morgan fingerprint density at radius 1 is 0.658 bits per heavy atom. The van der Waals surface area contributed by atoms with Crippen LogP contribution in [-0.2, 0) is 36.8 Å². The van der Waals surface area contributed by atoms with Crippen molar-refractivity contribution in [2.45, 2.75) is 44.7 Å². The van der Waals surface area contributed by atoms with Crippen LogP contribution in [0.3, 0.4) is 0 Å². The minimum absolute atomic E-state index is 0.161. The van der Waals surface area contributed by atoms with Gasteiger partial charge >= 0.3 is 6.18 Å². The Morgan fingerprint density at radius 3 is 1.89 bits per heavy atom. The molecule has 0 N–H and O–H groups in total. The Kier molecular flexibility index (Phi) is 9.40. The third kappa shape index (κ3) is 8.06. The summed E-state index contributed by atoms with van der Waals surface area (Å²) in [6, 6.07) is 24.9. The Hall–Kier alpha value is -3.38. The summed E-state index contributed by atoms with van der Waals surface area (Å²) in [6.45, 7) is -0.550. The van der Waals surface area contributed by atoms with Crippen molar-refractivity contribution in [1.82, 2.24) is 0 Å². The zero-order chi connectivity index (χ0) is 27.0. The van der Waals surface area contributed by atoms with Gasteiger partial charge < -0.3 is 9.47 Å². The first-order chi connectivity index (χ1) is 18.3. The van der Waals surface area contributed by atoms with E-state index in [1.54, 1.807) is 19.2 Å². The lowest BCUT2D eigenvalue weighted by molar-refractivity contribution is -0.153. The largest absolute Gasteiger partial charge is 0.484 e. The molecule has 6 heteroatoms. The summed E-state index contributed by atoms with van der Waals surface area (Å²) in [5, 5.41) is 1.48. The van der Waals surface area contributed by atoms with Crippen LogP contribution in [-0.4, -0.2) is 26.5 Å². The molecule has 0 heterocycles. The Bertz CT molecular complexity index is 1310. The molecule has 2 nitrogen and oxygen atoms in total. The molecule has 0 aliphatic carbocycles. The van der Waals surface area contributed by atoms with Gasteiger partial charge in [-0.25, -0.2) is 4.39 Å². The number of halogens is 4. The second kappa shape index (κ2) is 12.9. The lowest BCUT2D eigenvalue weighted by Crippen LogP contribution is -2.19. The first-order valence-corrected chi connectivity index (χ1v) is 12.9. The number of alkyl halides is 3. The third-order valence-electron chi connectivity index (χ3n) is 6.65. The lowest BCUT2D eigenvalue weighted by atomic mass is 9.97. The van der Waals surface area contributed by atoms with Crippen LogP contribution in [0.4, 0.5) is 17.6 Å². The molecule has 4 aromatic carbocycles. The summed E-state index contributed by atoms with van der Waals surface area (Å²) < 4.78 is 62.0. The van der Waals surface area contributed by atoms with Crippen LogP contribution in [0, 0.1) is 5.82 Å². The molecule has 0 fully saturated rings. The first-order valence-electron chi connectivity index (χ1n) is 12.9. The molecule has 200 valence electrons. The molecule has 0 aliphatic rings. The molecule has 0 saturated carbocycles. The zero-order valence-electron chi connectivity index (χ0n) is 21.5. The summed E-state index contributed by atoms with van der Waals surface area (Å²) >= 11 is 0. The maximum Gasteiger partial charge on any atom is 0.422 e. The summed E-state index contributed by atoms with van der Waals surface area (Å²) in [6.07, 6.45) is 0.527. The third-order valence-corrected chi connectivity index (χ3v) is 6.65. The van der Waals surface area contributed by atoms with E-state index in [0.717, 1.165) is 43.2 Å². The van der Waals surface area contributed by atoms with Crippen LogP contribution in [0.15, 0.2) is 78.9 Å². The molecular weight excluding hydrogens is 492 g/mol. The van der Waals surface area contributed by atoms with Crippen molar-refractivity contribution in [3.8, 4) is 5.75 Å². The van der Waals surface area contributed by atoms with Crippen molar-refractivity contribution in [2.24, 2.45) is 0 Å². The van der Waals surface area contributed by atoms with Gasteiger partial charge in [0.05, 0.1) is 0 Å². The Balaban J connectivity index is 1.33. The van der Waals surface area contributed by atoms with Crippen LogP contribution in [0.2, 0.25) is 0 Å². The fourth-order valence-electron chi connectivity index (χ4n) is 4.51. The summed E-state index contributed by atoms with van der Waals surface area (Å²) in [7, 11) is 1.72. The van der Waals surface area contributed by atoms with Gasteiger partial charge in [0.25, 0.3) is 0 Å². The van der Waals surface area contributed by atoms with Gasteiger partial charge in [-0.2, -0.15) is 13.2 Å². The van der Waals surface area contributed by atoms with E-state index in [1.165, 1.54) is 28.8 Å². The molecule has 0 atom stereocenters. The SMILES string of the molecule is COCCCc1ccc(CCc2ccc3c(F)c(CCc4ccc(OCC(F)(F)F)cc4)ccc3c2)cc1. The van der Waals surface area contributed by atoms with Gasteiger partial charge in [-0.15, -0.1) is 0 Å². The Morgan fingerprint density at radius 2 is 1.24 bits per heavy atom. The average Bonchev–Trinajstić information content (AvgIpc) is 2.91. The number of methoxy groups -OCH3 is 1. The van der Waals surface area contributed by atoms with Crippen LogP contribution in [0.25, 0.3) is 10.8 Å². The molecule has 0 spiro atoms. The number of fused-ring (bicyclic) bond motifs is 1. The van der Waals surface area contributed by atoms with Gasteiger partial charge in [0, 0.05) is 19.1 Å². The minimum atomic E-state index is -4.37. The van der Waals surface area contributed by atoms with Crippen molar-refractivity contribution in [2.75, 3.05) is 20.3 Å². The topological polar surface area (TPSA) is 18.5 Å². The second-order valence-electron chi connectivity index (χ2n) is 9.55. The molecule has 0 bridgehead atoms. The van der Waals surface area contributed by atoms with Gasteiger partial charge in [0.15, 0.2) is 6.61 Å². The molecule has 4 rings (SSSR count). The number of hydrogen-bond donors (Lipinski definition) is 0. The minimum Gasteiger partial charge on any atom is -0.484 e. The van der Waals surface area contributed by atoms with Crippen molar-refractivity contribution in [1.29, 1.82) is 0 Å². The first kappa shape index (κ1) is 27.6. The van der Waals surface area contributed by atoms with E-state index in [9.17, 15) is 13.2 Å². The highest BCUT2D eigenvalue weighted by atomic mass is 19.4. The number of hydrogen-bond acceptors (Lipinski definition) is 2. The molecule has 0 amide bonds. The summed E-state index contributed by atoms with van der Waals surface area (Å²) in [4.78, 5) is 0. The normalized spacial score (nSPS) is 11.7. The second-order valence-corrected chi connectivity index (χ2v) is 9.55. The standard InChI is InChI=1S/C32H32F4O2/c1-37-20-2-3-23-4-6-24(7-5-23)8-9-26-13-19-30-28(21-26)16-15-27(31(30)33)14-10-25-11-17-29(18-12-25)38-22-32(34,35)36/h4-7,11-13,15-19,21H,2-3,8-10,14,20,22H2,1H3. The van der Waals surface area contributed by atoms with Crippen LogP contribution in [0.1, 0.15) is 34.2 Å². The molecule has 0 unspecified atom stereocenters. The fourth-order valence-corrected chi connectivity index (χ4v) is 4.51. The molecule has 38 heavy (non-hydrogen) atoms. The predicted molar refractivity (Wildman–Crippen MR) is 143 cm³/mol. The van der Waals surface area contributed by atoms with Crippen molar-refractivity contribution < 1.29 is 27.0 Å². The zero-order valence-corrected chi connectivity index (χ0v) is 21.5. The van der Waals surface area contributed by atoms with E-state index in [-0.39, 0.29) is 11.6 Å². The smallest absolute Gasteiger partial charge is 0.422 e. The fraction of sp³-hybridized carbons (Fsp3) is 0.312. The van der Waals surface area contributed by atoms with Crippen LogP contribution in [0.5, 0.6) is 5.75 Å². The van der Waals surface area contributed by atoms with Gasteiger partial charge in [0.2, 0.25) is 0 Å². The summed E-state index contributed by atoms with van der Waals surface area (Å²) in [5.74, 6) is -0.0584. The highest BCUT2D eigenvalue weighted by Crippen LogP contribution is 2.25. The lowest BCUT2D eigenvalue weighted by Gasteiger charge is -2.11. The van der Waals surface area contributed by atoms with Crippen molar-refractivity contribution >= 4 is 10.8 Å². The molecule has 0 saturated heterocycles. The van der Waals surface area contributed by atoms with Crippen LogP contribution >= 0.6 is 0 Å². The van der Waals surface area contributed by atoms with E-state index < -0.39 is 12.8 Å². The van der Waals surface area contributed by atoms with E-state index in [1.807, 2.05) is 24.3 Å². The van der Waals surface area contributed by atoms with Gasteiger partial charge in [-0.3, -0.25) is 0 Å². The number of aryl methyl sites for hydroxylation is 5. The van der Waals surface area contributed by atoms with Crippen molar-refractivity contribution in [3.05, 3.63) is 112 Å². The van der Waals surface area contributed by atoms with Crippen LogP contribution < -0.4 is 4.74 Å². The monoisotopic (exact) mass is 524 g/mol. The molecule has 0 aromatic heterocycles. The molecule has 0 radical (unpaired) electrons. The van der Waals surface area contributed by atoms with Gasteiger partial charge in [-0.05, 0) is 83.9 Å². The van der Waals surface area contributed by atoms with E-state index in [0.29, 0.717) is 23.8 Å². The van der Waals surface area contributed by atoms with Gasteiger partial charge in [0.1, 0.15) is 11.6 Å². The Labute approximate surface area is 221 Å². The molecule has 4 aromatic rings. The predicted octanol–water partition coefficient (Wildman–Crippen LogP) is 8.07. The highest BCUT2D eigenvalue weighted by Gasteiger charge is 2.28. The molecular formula is C32H32F4O2.